The lowest BCUT2D eigenvalue weighted by Crippen LogP contribution is -1.99. The first-order valence-electron chi connectivity index (χ1n) is 8.51. The minimum atomic E-state index is -0.409. The number of nitro benzene ring substituents is 1. The third kappa shape index (κ3) is 4.82. The van der Waals surface area contributed by atoms with E-state index in [0.717, 1.165) is 22.6 Å². The molecule has 0 aliphatic carbocycles. The SMILES string of the molecule is Br.O=[N+]([O-])c1ccc(-n2sc(=NCc3cccnc3)nc2-c2ccccc2)cc1. The highest BCUT2D eigenvalue weighted by atomic mass is 79.9. The van der Waals surface area contributed by atoms with E-state index in [0.29, 0.717) is 11.3 Å². The number of hydrogen-bond acceptors (Lipinski definition) is 6. The van der Waals surface area contributed by atoms with Gasteiger partial charge in [-0.15, -0.1) is 17.0 Å². The van der Waals surface area contributed by atoms with Crippen molar-refractivity contribution < 1.29 is 4.92 Å². The minimum Gasteiger partial charge on any atom is -0.264 e. The average molecular weight is 470 g/mol. The third-order valence-electron chi connectivity index (χ3n) is 4.01. The van der Waals surface area contributed by atoms with Gasteiger partial charge < -0.3 is 0 Å². The van der Waals surface area contributed by atoms with Gasteiger partial charge in [-0.05, 0) is 35.3 Å². The van der Waals surface area contributed by atoms with E-state index in [1.54, 1.807) is 24.5 Å². The monoisotopic (exact) mass is 469 g/mol. The average Bonchev–Trinajstić information content (AvgIpc) is 3.18. The molecule has 0 aliphatic rings. The van der Waals surface area contributed by atoms with Crippen LogP contribution in [0.2, 0.25) is 0 Å². The van der Waals surface area contributed by atoms with E-state index < -0.39 is 4.92 Å². The fourth-order valence-corrected chi connectivity index (χ4v) is 3.52. The van der Waals surface area contributed by atoms with Crippen molar-refractivity contribution in [2.75, 3.05) is 0 Å². The van der Waals surface area contributed by atoms with Crippen LogP contribution >= 0.6 is 28.5 Å². The van der Waals surface area contributed by atoms with Crippen LogP contribution in [0, 0.1) is 10.1 Å². The molecule has 4 aromatic rings. The molecule has 146 valence electrons. The lowest BCUT2D eigenvalue weighted by Gasteiger charge is -2.06. The van der Waals surface area contributed by atoms with Crippen molar-refractivity contribution in [3.05, 3.63) is 99.6 Å². The molecule has 2 heterocycles. The highest BCUT2D eigenvalue weighted by Gasteiger charge is 2.12. The predicted molar refractivity (Wildman–Crippen MR) is 117 cm³/mol. The molecule has 0 spiro atoms. The fraction of sp³-hybridized carbons (Fsp3) is 0.0500. The number of non-ortho nitro benzene ring substituents is 1. The molecular formula is C20H16BrN5O2S. The first kappa shape index (κ1) is 20.6. The zero-order valence-corrected chi connectivity index (χ0v) is 17.6. The van der Waals surface area contributed by atoms with Crippen LogP contribution in [0.4, 0.5) is 5.69 Å². The van der Waals surface area contributed by atoms with Crippen LogP contribution < -0.4 is 4.80 Å². The van der Waals surface area contributed by atoms with Gasteiger partial charge in [-0.2, -0.15) is 4.98 Å². The van der Waals surface area contributed by atoms with Crippen molar-refractivity contribution >= 4 is 34.2 Å². The topological polar surface area (TPSA) is 86.2 Å². The summed E-state index contributed by atoms with van der Waals surface area (Å²) in [5, 5.41) is 10.9. The molecule has 9 heteroatoms. The van der Waals surface area contributed by atoms with Gasteiger partial charge >= 0.3 is 0 Å². The molecule has 7 nitrogen and oxygen atoms in total. The number of pyridine rings is 1. The maximum absolute atomic E-state index is 10.9. The van der Waals surface area contributed by atoms with Gasteiger partial charge in [-0.25, -0.2) is 3.96 Å². The summed E-state index contributed by atoms with van der Waals surface area (Å²) in [6, 6.07) is 20.0. The number of nitrogens with zero attached hydrogens (tertiary/aromatic N) is 5. The zero-order chi connectivity index (χ0) is 19.3. The van der Waals surface area contributed by atoms with Crippen molar-refractivity contribution in [1.29, 1.82) is 0 Å². The molecule has 29 heavy (non-hydrogen) atoms. The van der Waals surface area contributed by atoms with E-state index in [-0.39, 0.29) is 22.7 Å². The van der Waals surface area contributed by atoms with Crippen LogP contribution in [0.3, 0.4) is 0 Å². The van der Waals surface area contributed by atoms with E-state index in [9.17, 15) is 10.1 Å². The molecule has 0 saturated heterocycles. The fourth-order valence-electron chi connectivity index (χ4n) is 2.65. The van der Waals surface area contributed by atoms with Crippen molar-refractivity contribution in [1.82, 2.24) is 13.9 Å². The van der Waals surface area contributed by atoms with E-state index in [1.807, 2.05) is 46.4 Å². The summed E-state index contributed by atoms with van der Waals surface area (Å²) < 4.78 is 1.93. The molecule has 0 fully saturated rings. The van der Waals surface area contributed by atoms with Crippen LogP contribution in [-0.4, -0.2) is 18.8 Å². The molecule has 0 amide bonds. The summed E-state index contributed by atoms with van der Waals surface area (Å²) in [6.45, 7) is 0.482. The van der Waals surface area contributed by atoms with Gasteiger partial charge in [0.05, 0.1) is 17.2 Å². The highest BCUT2D eigenvalue weighted by Crippen LogP contribution is 2.23. The predicted octanol–water partition coefficient (Wildman–Crippen LogP) is 4.58. The first-order chi connectivity index (χ1) is 13.7. The second kappa shape index (κ2) is 9.35. The lowest BCUT2D eigenvalue weighted by molar-refractivity contribution is -0.384. The van der Waals surface area contributed by atoms with E-state index in [1.165, 1.54) is 23.7 Å². The Hall–Kier alpha value is -3.17. The number of halogens is 1. The second-order valence-electron chi connectivity index (χ2n) is 5.92. The summed E-state index contributed by atoms with van der Waals surface area (Å²) in [7, 11) is 0. The second-order valence-corrected chi connectivity index (χ2v) is 6.83. The quantitative estimate of drug-likeness (QED) is 0.316. The summed E-state index contributed by atoms with van der Waals surface area (Å²) in [5.41, 5.74) is 2.79. The molecule has 0 atom stereocenters. The Kier molecular flexibility index (Phi) is 6.63. The first-order valence-corrected chi connectivity index (χ1v) is 9.28. The van der Waals surface area contributed by atoms with Crippen LogP contribution in [0.5, 0.6) is 0 Å². The maximum atomic E-state index is 10.9. The molecule has 2 aromatic heterocycles. The Morgan fingerprint density at radius 3 is 2.45 bits per heavy atom. The van der Waals surface area contributed by atoms with Crippen LogP contribution in [0.1, 0.15) is 5.56 Å². The molecule has 4 rings (SSSR count). The largest absolute Gasteiger partial charge is 0.269 e. The Morgan fingerprint density at radius 1 is 1.03 bits per heavy atom. The van der Waals surface area contributed by atoms with Crippen LogP contribution in [-0.2, 0) is 6.54 Å². The number of nitro groups is 1. The van der Waals surface area contributed by atoms with Crippen molar-refractivity contribution in [2.24, 2.45) is 4.99 Å². The van der Waals surface area contributed by atoms with Crippen LogP contribution in [0.15, 0.2) is 84.1 Å². The highest BCUT2D eigenvalue weighted by molar-refractivity contribution is 8.93. The Labute approximate surface area is 181 Å². The van der Waals surface area contributed by atoms with Gasteiger partial charge in [0.1, 0.15) is 0 Å². The lowest BCUT2D eigenvalue weighted by atomic mass is 10.2. The smallest absolute Gasteiger partial charge is 0.264 e. The van der Waals surface area contributed by atoms with Gasteiger partial charge in [-0.1, -0.05) is 36.4 Å². The Balaban J connectivity index is 0.00000240. The Morgan fingerprint density at radius 2 is 1.79 bits per heavy atom. The molecule has 0 radical (unpaired) electrons. The van der Waals surface area contributed by atoms with Gasteiger partial charge in [0.2, 0.25) is 4.80 Å². The van der Waals surface area contributed by atoms with E-state index >= 15 is 0 Å². The zero-order valence-electron chi connectivity index (χ0n) is 15.1. The summed E-state index contributed by atoms with van der Waals surface area (Å²) in [4.78, 5) is 24.5. The van der Waals surface area contributed by atoms with E-state index in [4.69, 9.17) is 0 Å². The van der Waals surface area contributed by atoms with Gasteiger partial charge in [0.15, 0.2) is 5.82 Å². The van der Waals surface area contributed by atoms with Crippen molar-refractivity contribution in [2.45, 2.75) is 6.54 Å². The number of aromatic nitrogens is 3. The maximum Gasteiger partial charge on any atom is 0.269 e. The molecule has 2 aromatic carbocycles. The number of hydrogen-bond donors (Lipinski definition) is 0. The van der Waals surface area contributed by atoms with Crippen LogP contribution in [0.25, 0.3) is 17.1 Å². The van der Waals surface area contributed by atoms with Gasteiger partial charge in [0.25, 0.3) is 5.69 Å². The Bertz CT molecular complexity index is 1160. The minimum absolute atomic E-state index is 0. The molecule has 0 unspecified atom stereocenters. The van der Waals surface area contributed by atoms with Gasteiger partial charge in [-0.3, -0.25) is 20.1 Å². The molecule has 0 saturated carbocycles. The summed E-state index contributed by atoms with van der Waals surface area (Å²) >= 11 is 1.39. The van der Waals surface area contributed by atoms with Gasteiger partial charge in [0, 0.05) is 30.1 Å². The molecule has 0 aliphatic heterocycles. The molecule has 0 N–H and O–H groups in total. The summed E-state index contributed by atoms with van der Waals surface area (Å²) in [5.74, 6) is 0.740. The number of benzene rings is 2. The van der Waals surface area contributed by atoms with E-state index in [2.05, 4.69) is 15.0 Å². The third-order valence-corrected chi connectivity index (χ3v) is 4.96. The molecule has 0 bridgehead atoms. The van der Waals surface area contributed by atoms with Crippen molar-refractivity contribution in [3.8, 4) is 17.1 Å². The normalized spacial score (nSPS) is 11.1. The standard InChI is InChI=1S/C20H15N5O2S.BrH/c26-25(27)18-10-8-17(9-11-18)24-19(16-6-2-1-3-7-16)23-20(28-24)22-14-15-5-4-12-21-13-15;/h1-13H,14H2;1H. The summed E-state index contributed by atoms with van der Waals surface area (Å²) in [6.07, 6.45) is 3.50. The number of rotatable bonds is 5. The van der Waals surface area contributed by atoms with Crippen molar-refractivity contribution in [3.63, 3.8) is 0 Å². The molecular weight excluding hydrogens is 454 g/mol.